The predicted octanol–water partition coefficient (Wildman–Crippen LogP) is 1.75. The van der Waals surface area contributed by atoms with Crippen LogP contribution >= 0.6 is 0 Å². The van der Waals surface area contributed by atoms with Crippen LogP contribution in [0.25, 0.3) is 6.08 Å². The molecule has 0 aliphatic heterocycles. The predicted molar refractivity (Wildman–Crippen MR) is 74.9 cm³/mol. The minimum absolute atomic E-state index is 0.277. The van der Waals surface area contributed by atoms with Crippen LogP contribution in [-0.4, -0.2) is 46.5 Å². The molecular weight excluding hydrogens is 262 g/mol. The van der Waals surface area contributed by atoms with E-state index < -0.39 is 0 Å². The van der Waals surface area contributed by atoms with Crippen molar-refractivity contribution in [3.63, 3.8) is 0 Å². The van der Waals surface area contributed by atoms with E-state index in [0.29, 0.717) is 17.2 Å². The summed E-state index contributed by atoms with van der Waals surface area (Å²) in [7, 11) is 7.56. The molecule has 110 valence electrons. The summed E-state index contributed by atoms with van der Waals surface area (Å²) in [5.74, 6) is 1.28. The smallest absolute Gasteiger partial charge is 0.269 e. The Morgan fingerprint density at radius 2 is 1.60 bits per heavy atom. The molecule has 0 saturated carbocycles. The SMILES string of the molecule is COc1cc(/C=C/C(=O)N(C)OC)cc(OC)c1OC. The first kappa shape index (κ1) is 15.8. The Morgan fingerprint density at radius 3 is 2.00 bits per heavy atom. The van der Waals surface area contributed by atoms with Gasteiger partial charge < -0.3 is 14.2 Å². The van der Waals surface area contributed by atoms with Gasteiger partial charge in [0.15, 0.2) is 11.5 Å². The molecule has 0 aliphatic rings. The van der Waals surface area contributed by atoms with Gasteiger partial charge in [-0.25, -0.2) is 5.06 Å². The van der Waals surface area contributed by atoms with Crippen LogP contribution in [0.5, 0.6) is 17.2 Å². The van der Waals surface area contributed by atoms with Gasteiger partial charge in [0.2, 0.25) is 5.75 Å². The van der Waals surface area contributed by atoms with Crippen LogP contribution in [0.15, 0.2) is 18.2 Å². The number of carbonyl (C=O) groups is 1. The Morgan fingerprint density at radius 1 is 1.05 bits per heavy atom. The second-order valence-electron chi connectivity index (χ2n) is 3.81. The molecule has 0 spiro atoms. The van der Waals surface area contributed by atoms with Gasteiger partial charge in [0, 0.05) is 13.1 Å². The van der Waals surface area contributed by atoms with Gasteiger partial charge in [0.25, 0.3) is 5.91 Å². The van der Waals surface area contributed by atoms with E-state index in [1.807, 2.05) is 0 Å². The summed E-state index contributed by atoms with van der Waals surface area (Å²) in [5, 5.41) is 1.12. The van der Waals surface area contributed by atoms with Crippen LogP contribution in [0.1, 0.15) is 5.56 Å². The highest BCUT2D eigenvalue weighted by Crippen LogP contribution is 2.38. The van der Waals surface area contributed by atoms with Crippen molar-refractivity contribution in [3.05, 3.63) is 23.8 Å². The molecule has 0 bridgehead atoms. The molecular formula is C14H19NO5. The van der Waals surface area contributed by atoms with Gasteiger partial charge in [-0.3, -0.25) is 9.63 Å². The number of rotatable bonds is 6. The number of hydrogen-bond acceptors (Lipinski definition) is 5. The highest BCUT2D eigenvalue weighted by atomic mass is 16.7. The first-order valence-electron chi connectivity index (χ1n) is 5.87. The summed E-state index contributed by atoms with van der Waals surface area (Å²) in [5.41, 5.74) is 0.748. The summed E-state index contributed by atoms with van der Waals surface area (Å²) >= 11 is 0. The van der Waals surface area contributed by atoms with Crippen molar-refractivity contribution in [2.75, 3.05) is 35.5 Å². The minimum Gasteiger partial charge on any atom is -0.493 e. The average molecular weight is 281 g/mol. The quantitative estimate of drug-likeness (QED) is 0.587. The fraction of sp³-hybridized carbons (Fsp3) is 0.357. The first-order valence-corrected chi connectivity index (χ1v) is 5.87. The van der Waals surface area contributed by atoms with E-state index >= 15 is 0 Å². The summed E-state index contributed by atoms with van der Waals surface area (Å²) in [6.07, 6.45) is 3.03. The van der Waals surface area contributed by atoms with Gasteiger partial charge >= 0.3 is 0 Å². The molecule has 1 amide bonds. The number of hydroxylamine groups is 2. The van der Waals surface area contributed by atoms with Crippen molar-refractivity contribution >= 4 is 12.0 Å². The number of likely N-dealkylation sites (N-methyl/N-ethyl adjacent to an activating group) is 1. The molecule has 0 aromatic heterocycles. The molecule has 6 heteroatoms. The van der Waals surface area contributed by atoms with Crippen molar-refractivity contribution < 1.29 is 23.8 Å². The van der Waals surface area contributed by atoms with Crippen molar-refractivity contribution in [2.24, 2.45) is 0 Å². The fourth-order valence-corrected chi connectivity index (χ4v) is 1.56. The Balaban J connectivity index is 3.08. The average Bonchev–Trinajstić information content (AvgIpc) is 2.50. The molecule has 1 aromatic rings. The third-order valence-electron chi connectivity index (χ3n) is 2.69. The van der Waals surface area contributed by atoms with E-state index in [2.05, 4.69) is 0 Å². The Labute approximate surface area is 118 Å². The number of benzene rings is 1. The van der Waals surface area contributed by atoms with Crippen molar-refractivity contribution in [1.82, 2.24) is 5.06 Å². The monoisotopic (exact) mass is 281 g/mol. The molecule has 0 radical (unpaired) electrons. The highest BCUT2D eigenvalue weighted by molar-refractivity contribution is 5.91. The summed E-state index contributed by atoms with van der Waals surface area (Å²) in [6.45, 7) is 0. The lowest BCUT2D eigenvalue weighted by Crippen LogP contribution is -2.22. The van der Waals surface area contributed by atoms with Gasteiger partial charge in [-0.1, -0.05) is 0 Å². The molecule has 0 N–H and O–H groups in total. The number of ether oxygens (including phenoxy) is 3. The normalized spacial score (nSPS) is 10.4. The Kier molecular flexibility index (Phi) is 5.86. The zero-order valence-corrected chi connectivity index (χ0v) is 12.3. The van der Waals surface area contributed by atoms with Crippen LogP contribution < -0.4 is 14.2 Å². The number of amides is 1. The summed E-state index contributed by atoms with van der Waals surface area (Å²) < 4.78 is 15.7. The zero-order chi connectivity index (χ0) is 15.1. The summed E-state index contributed by atoms with van der Waals surface area (Å²) in [4.78, 5) is 16.4. The van der Waals surface area contributed by atoms with Crippen LogP contribution in [0.3, 0.4) is 0 Å². The van der Waals surface area contributed by atoms with Crippen LogP contribution in [0, 0.1) is 0 Å². The zero-order valence-electron chi connectivity index (χ0n) is 12.3. The lowest BCUT2D eigenvalue weighted by Gasteiger charge is -2.13. The highest BCUT2D eigenvalue weighted by Gasteiger charge is 2.12. The lowest BCUT2D eigenvalue weighted by molar-refractivity contribution is -0.162. The number of carbonyl (C=O) groups excluding carboxylic acids is 1. The maximum atomic E-state index is 11.6. The van der Waals surface area contributed by atoms with Crippen molar-refractivity contribution in [1.29, 1.82) is 0 Å². The van der Waals surface area contributed by atoms with E-state index in [0.717, 1.165) is 10.6 Å². The second-order valence-corrected chi connectivity index (χ2v) is 3.81. The van der Waals surface area contributed by atoms with E-state index in [1.165, 1.54) is 41.6 Å². The molecule has 20 heavy (non-hydrogen) atoms. The molecule has 1 rings (SSSR count). The van der Waals surface area contributed by atoms with E-state index in [4.69, 9.17) is 19.0 Å². The van der Waals surface area contributed by atoms with E-state index in [-0.39, 0.29) is 5.91 Å². The summed E-state index contributed by atoms with van der Waals surface area (Å²) in [6, 6.07) is 3.50. The molecule has 0 fully saturated rings. The standard InChI is InChI=1S/C14H19NO5/c1-15(20-5)13(16)7-6-10-8-11(17-2)14(19-4)12(9-10)18-3/h6-9H,1-5H3/b7-6+. The van der Waals surface area contributed by atoms with Crippen LogP contribution in [-0.2, 0) is 9.63 Å². The molecule has 0 heterocycles. The molecule has 0 aliphatic carbocycles. The van der Waals surface area contributed by atoms with E-state index in [1.54, 1.807) is 18.2 Å². The van der Waals surface area contributed by atoms with Crippen LogP contribution in [0.2, 0.25) is 0 Å². The Hall–Kier alpha value is -2.21. The van der Waals surface area contributed by atoms with Crippen LogP contribution in [0.4, 0.5) is 0 Å². The minimum atomic E-state index is -0.277. The lowest BCUT2D eigenvalue weighted by atomic mass is 10.1. The maximum absolute atomic E-state index is 11.6. The van der Waals surface area contributed by atoms with Gasteiger partial charge in [-0.15, -0.1) is 0 Å². The van der Waals surface area contributed by atoms with Crippen molar-refractivity contribution in [2.45, 2.75) is 0 Å². The fourth-order valence-electron chi connectivity index (χ4n) is 1.56. The molecule has 6 nitrogen and oxygen atoms in total. The molecule has 0 unspecified atom stereocenters. The third kappa shape index (κ3) is 3.64. The number of methoxy groups -OCH3 is 3. The largest absolute Gasteiger partial charge is 0.493 e. The Bertz CT molecular complexity index is 473. The maximum Gasteiger partial charge on any atom is 0.269 e. The van der Waals surface area contributed by atoms with E-state index in [9.17, 15) is 4.79 Å². The van der Waals surface area contributed by atoms with Gasteiger partial charge in [0.05, 0.1) is 28.4 Å². The van der Waals surface area contributed by atoms with Gasteiger partial charge in [-0.05, 0) is 23.8 Å². The molecule has 0 saturated heterocycles. The molecule has 0 atom stereocenters. The van der Waals surface area contributed by atoms with Crippen molar-refractivity contribution in [3.8, 4) is 17.2 Å². The first-order chi connectivity index (χ1) is 9.57. The number of hydrogen-bond donors (Lipinski definition) is 0. The number of nitrogens with zero attached hydrogens (tertiary/aromatic N) is 1. The topological polar surface area (TPSA) is 57.2 Å². The van der Waals surface area contributed by atoms with Gasteiger partial charge in [-0.2, -0.15) is 0 Å². The third-order valence-corrected chi connectivity index (χ3v) is 2.69. The second kappa shape index (κ2) is 7.40. The van der Waals surface area contributed by atoms with Gasteiger partial charge in [0.1, 0.15) is 0 Å². The molecule has 1 aromatic carbocycles.